The number of ether oxygens (including phenoxy) is 1. The number of rotatable bonds is 1. The van der Waals surface area contributed by atoms with Crippen LogP contribution >= 0.6 is 11.6 Å². The van der Waals surface area contributed by atoms with Crippen molar-refractivity contribution in [1.29, 1.82) is 0 Å². The molecular formula is C12H10ClN3O2. The van der Waals surface area contributed by atoms with Crippen molar-refractivity contribution in [1.82, 2.24) is 14.8 Å². The molecule has 0 bridgehead atoms. The molecule has 0 saturated carbocycles. The third kappa shape index (κ3) is 1.67. The number of halogens is 1. The first-order valence-electron chi connectivity index (χ1n) is 5.51. The molecule has 1 aromatic heterocycles. The normalized spacial score (nSPS) is 22.4. The molecule has 0 fully saturated rings. The quantitative estimate of drug-likeness (QED) is 0.791. The summed E-state index contributed by atoms with van der Waals surface area (Å²) in [4.78, 5) is 16.3. The van der Waals surface area contributed by atoms with Crippen molar-refractivity contribution in [3.8, 4) is 5.75 Å². The minimum Gasteiger partial charge on any atom is -0.487 e. The van der Waals surface area contributed by atoms with E-state index in [1.54, 1.807) is 18.2 Å². The van der Waals surface area contributed by atoms with Crippen molar-refractivity contribution < 1.29 is 9.53 Å². The van der Waals surface area contributed by atoms with Crippen molar-refractivity contribution in [2.24, 2.45) is 0 Å². The Morgan fingerprint density at radius 2 is 2.28 bits per heavy atom. The molecule has 18 heavy (non-hydrogen) atoms. The Kier molecular flexibility index (Phi) is 2.56. The topological polar surface area (TPSA) is 57.0 Å². The maximum atomic E-state index is 12.5. The van der Waals surface area contributed by atoms with Gasteiger partial charge in [-0.15, -0.1) is 0 Å². The predicted molar refractivity (Wildman–Crippen MR) is 64.9 cm³/mol. The van der Waals surface area contributed by atoms with E-state index in [1.165, 1.54) is 17.3 Å². The minimum absolute atomic E-state index is 0.0586. The molecule has 1 aliphatic rings. The summed E-state index contributed by atoms with van der Waals surface area (Å²) in [6.07, 6.45) is 2.61. The Balaban J connectivity index is 2.08. The molecular weight excluding hydrogens is 254 g/mol. The van der Waals surface area contributed by atoms with Gasteiger partial charge in [0.2, 0.25) is 0 Å². The van der Waals surface area contributed by atoms with E-state index in [1.807, 2.05) is 6.92 Å². The van der Waals surface area contributed by atoms with Gasteiger partial charge in [-0.3, -0.25) is 4.79 Å². The number of benzene rings is 1. The van der Waals surface area contributed by atoms with Crippen LogP contribution in [0.2, 0.25) is 5.02 Å². The van der Waals surface area contributed by atoms with E-state index in [9.17, 15) is 4.79 Å². The fourth-order valence-electron chi connectivity index (χ4n) is 2.13. The first kappa shape index (κ1) is 11.2. The smallest absolute Gasteiger partial charge is 0.195 e. The standard InChI is InChI=1S/C12H10ClN3O2/c1-7-11(16-6-14-5-15-16)12(17)9-4-8(13)2-3-10(9)18-7/h2-7,11H,1H3/t7-,11+/m1/s1. The van der Waals surface area contributed by atoms with E-state index in [-0.39, 0.29) is 11.9 Å². The van der Waals surface area contributed by atoms with Gasteiger partial charge in [0.1, 0.15) is 24.5 Å². The molecule has 2 heterocycles. The summed E-state index contributed by atoms with van der Waals surface area (Å²) in [5.41, 5.74) is 0.487. The van der Waals surface area contributed by atoms with E-state index in [0.29, 0.717) is 16.3 Å². The molecule has 0 spiro atoms. The van der Waals surface area contributed by atoms with Gasteiger partial charge in [0, 0.05) is 5.02 Å². The number of hydrogen-bond donors (Lipinski definition) is 0. The summed E-state index contributed by atoms with van der Waals surface area (Å²) in [6, 6.07) is 4.54. The summed E-state index contributed by atoms with van der Waals surface area (Å²) in [5.74, 6) is 0.505. The molecule has 0 aliphatic carbocycles. The SMILES string of the molecule is C[C@H]1Oc2ccc(Cl)cc2C(=O)[C@H]1n1cncn1. The predicted octanol–water partition coefficient (Wildman–Crippen LogP) is 2.14. The molecule has 0 N–H and O–H groups in total. The zero-order chi connectivity index (χ0) is 12.7. The lowest BCUT2D eigenvalue weighted by molar-refractivity contribution is 0.0697. The molecule has 5 nitrogen and oxygen atoms in total. The maximum Gasteiger partial charge on any atom is 0.195 e. The molecule has 92 valence electrons. The van der Waals surface area contributed by atoms with E-state index in [4.69, 9.17) is 16.3 Å². The average Bonchev–Trinajstić information content (AvgIpc) is 2.84. The summed E-state index contributed by atoms with van der Waals surface area (Å²) < 4.78 is 7.24. The summed E-state index contributed by atoms with van der Waals surface area (Å²) in [5, 5.41) is 4.52. The van der Waals surface area contributed by atoms with Crippen molar-refractivity contribution in [3.63, 3.8) is 0 Å². The first-order valence-corrected chi connectivity index (χ1v) is 5.89. The zero-order valence-electron chi connectivity index (χ0n) is 9.58. The monoisotopic (exact) mass is 263 g/mol. The van der Waals surface area contributed by atoms with Gasteiger partial charge in [-0.05, 0) is 25.1 Å². The molecule has 1 aromatic carbocycles. The van der Waals surface area contributed by atoms with Crippen LogP contribution in [0, 0.1) is 0 Å². The highest BCUT2D eigenvalue weighted by molar-refractivity contribution is 6.31. The number of ketones is 1. The Labute approximate surface area is 108 Å². The number of carbonyl (C=O) groups excluding carboxylic acids is 1. The van der Waals surface area contributed by atoms with Gasteiger partial charge in [-0.2, -0.15) is 5.10 Å². The average molecular weight is 264 g/mol. The Bertz CT molecular complexity index is 597. The highest BCUT2D eigenvalue weighted by Gasteiger charge is 2.36. The Morgan fingerprint density at radius 3 is 3.00 bits per heavy atom. The van der Waals surface area contributed by atoms with Crippen LogP contribution in [0.1, 0.15) is 23.3 Å². The zero-order valence-corrected chi connectivity index (χ0v) is 10.3. The van der Waals surface area contributed by atoms with E-state index < -0.39 is 6.04 Å². The van der Waals surface area contributed by atoms with Crippen molar-refractivity contribution >= 4 is 17.4 Å². The molecule has 0 saturated heterocycles. The van der Waals surface area contributed by atoms with Crippen LogP contribution in [0.15, 0.2) is 30.9 Å². The van der Waals surface area contributed by atoms with Crippen LogP contribution < -0.4 is 4.74 Å². The highest BCUT2D eigenvalue weighted by atomic mass is 35.5. The number of hydrogen-bond acceptors (Lipinski definition) is 4. The first-order chi connectivity index (χ1) is 8.66. The molecule has 2 atom stereocenters. The van der Waals surface area contributed by atoms with Crippen LogP contribution in [0.25, 0.3) is 0 Å². The number of fused-ring (bicyclic) bond motifs is 1. The fourth-order valence-corrected chi connectivity index (χ4v) is 2.30. The molecule has 0 radical (unpaired) electrons. The number of carbonyl (C=O) groups is 1. The second kappa shape index (κ2) is 4.10. The van der Waals surface area contributed by atoms with Gasteiger partial charge >= 0.3 is 0 Å². The third-order valence-corrected chi connectivity index (χ3v) is 3.19. The van der Waals surface area contributed by atoms with Crippen LogP contribution in [-0.2, 0) is 0 Å². The Morgan fingerprint density at radius 1 is 1.44 bits per heavy atom. The molecule has 0 unspecified atom stereocenters. The van der Waals surface area contributed by atoms with Crippen LogP contribution in [0.4, 0.5) is 0 Å². The molecule has 0 amide bonds. The minimum atomic E-state index is -0.501. The number of Topliss-reactive ketones (excluding diaryl/α,β-unsaturated/α-hetero) is 1. The largest absolute Gasteiger partial charge is 0.487 e. The highest BCUT2D eigenvalue weighted by Crippen LogP contribution is 2.34. The van der Waals surface area contributed by atoms with Crippen molar-refractivity contribution in [2.45, 2.75) is 19.1 Å². The van der Waals surface area contributed by atoms with Crippen LogP contribution in [-0.4, -0.2) is 26.7 Å². The summed E-state index contributed by atoms with van der Waals surface area (Å²) >= 11 is 5.91. The van der Waals surface area contributed by atoms with Gasteiger partial charge in [0.25, 0.3) is 0 Å². The molecule has 3 rings (SSSR count). The van der Waals surface area contributed by atoms with Gasteiger partial charge < -0.3 is 4.74 Å². The molecule has 6 heteroatoms. The second-order valence-electron chi connectivity index (χ2n) is 4.15. The third-order valence-electron chi connectivity index (χ3n) is 2.95. The molecule has 2 aromatic rings. The van der Waals surface area contributed by atoms with Crippen molar-refractivity contribution in [3.05, 3.63) is 41.4 Å². The van der Waals surface area contributed by atoms with Crippen molar-refractivity contribution in [2.75, 3.05) is 0 Å². The second-order valence-corrected chi connectivity index (χ2v) is 4.58. The lowest BCUT2D eigenvalue weighted by Crippen LogP contribution is -2.37. The summed E-state index contributed by atoms with van der Waals surface area (Å²) in [7, 11) is 0. The van der Waals surface area contributed by atoms with Gasteiger partial charge in [-0.25, -0.2) is 9.67 Å². The number of aromatic nitrogens is 3. The summed E-state index contributed by atoms with van der Waals surface area (Å²) in [6.45, 7) is 1.84. The molecule has 1 aliphatic heterocycles. The lowest BCUT2D eigenvalue weighted by Gasteiger charge is -2.30. The lowest BCUT2D eigenvalue weighted by atomic mass is 9.96. The fraction of sp³-hybridized carbons (Fsp3) is 0.250. The van der Waals surface area contributed by atoms with Gasteiger partial charge in [0.05, 0.1) is 5.56 Å². The van der Waals surface area contributed by atoms with Gasteiger partial charge in [0.15, 0.2) is 11.8 Å². The van der Waals surface area contributed by atoms with E-state index in [0.717, 1.165) is 0 Å². The van der Waals surface area contributed by atoms with Crippen LogP contribution in [0.3, 0.4) is 0 Å². The maximum absolute atomic E-state index is 12.5. The van der Waals surface area contributed by atoms with Gasteiger partial charge in [-0.1, -0.05) is 11.6 Å². The van der Waals surface area contributed by atoms with Crippen LogP contribution in [0.5, 0.6) is 5.75 Å². The number of nitrogens with zero attached hydrogens (tertiary/aromatic N) is 3. The van der Waals surface area contributed by atoms with E-state index >= 15 is 0 Å². The van der Waals surface area contributed by atoms with E-state index in [2.05, 4.69) is 10.1 Å². The Hall–Kier alpha value is -1.88.